The Morgan fingerprint density at radius 1 is 1.00 bits per heavy atom. The molecule has 26 heavy (non-hydrogen) atoms. The molecule has 4 aromatic rings. The maximum atomic E-state index is 12.0. The Balaban J connectivity index is 1.72. The molecule has 4 rings (SSSR count). The van der Waals surface area contributed by atoms with Crippen molar-refractivity contribution in [3.8, 4) is 22.4 Å². The number of pyridine rings is 3. The highest BCUT2D eigenvalue weighted by Gasteiger charge is 2.11. The van der Waals surface area contributed by atoms with E-state index in [9.17, 15) is 4.79 Å². The minimum atomic E-state index is -0.0671. The third kappa shape index (κ3) is 2.82. The van der Waals surface area contributed by atoms with Gasteiger partial charge < -0.3 is 9.88 Å². The van der Waals surface area contributed by atoms with Crippen LogP contribution in [-0.2, 0) is 0 Å². The molecule has 0 fully saturated rings. The van der Waals surface area contributed by atoms with E-state index in [-0.39, 0.29) is 5.91 Å². The Bertz CT molecular complexity index is 1080. The molecule has 0 aliphatic heterocycles. The molecule has 0 spiro atoms. The lowest BCUT2D eigenvalue weighted by atomic mass is 10.0. The number of amides is 1. The lowest BCUT2D eigenvalue weighted by Gasteiger charge is -2.10. The van der Waals surface area contributed by atoms with Crippen LogP contribution in [0.4, 0.5) is 0 Å². The molecule has 0 saturated heterocycles. The number of fused-ring (bicyclic) bond motifs is 1. The second-order valence-corrected chi connectivity index (χ2v) is 6.19. The number of carbonyl (C=O) groups is 1. The zero-order valence-corrected chi connectivity index (χ0v) is 14.5. The monoisotopic (exact) mass is 343 g/mol. The highest BCUT2D eigenvalue weighted by Crippen LogP contribution is 2.29. The van der Waals surface area contributed by atoms with Crippen molar-refractivity contribution < 1.29 is 4.79 Å². The van der Waals surface area contributed by atoms with E-state index in [1.165, 1.54) is 4.90 Å². The molecular weight excluding hydrogens is 326 g/mol. The smallest absolute Gasteiger partial charge is 0.254 e. The van der Waals surface area contributed by atoms with E-state index in [1.807, 2.05) is 36.7 Å². The van der Waals surface area contributed by atoms with Gasteiger partial charge >= 0.3 is 0 Å². The van der Waals surface area contributed by atoms with Gasteiger partial charge in [0.2, 0.25) is 0 Å². The summed E-state index contributed by atoms with van der Waals surface area (Å²) in [6, 6.07) is 9.65. The van der Waals surface area contributed by atoms with Crippen molar-refractivity contribution in [2.45, 2.75) is 0 Å². The fourth-order valence-electron chi connectivity index (χ4n) is 2.89. The molecule has 0 atom stereocenters. The molecule has 0 saturated carbocycles. The summed E-state index contributed by atoms with van der Waals surface area (Å²) in [5.74, 6) is -0.0671. The predicted octanol–water partition coefficient (Wildman–Crippen LogP) is 3.39. The van der Waals surface area contributed by atoms with Gasteiger partial charge in [0.05, 0.1) is 11.3 Å². The van der Waals surface area contributed by atoms with Gasteiger partial charge in [-0.05, 0) is 35.9 Å². The quantitative estimate of drug-likeness (QED) is 0.619. The lowest BCUT2D eigenvalue weighted by Crippen LogP contribution is -2.21. The highest BCUT2D eigenvalue weighted by molar-refractivity contribution is 5.94. The maximum Gasteiger partial charge on any atom is 0.254 e. The molecule has 4 aromatic heterocycles. The van der Waals surface area contributed by atoms with Crippen LogP contribution in [0.5, 0.6) is 0 Å². The van der Waals surface area contributed by atoms with E-state index in [4.69, 9.17) is 0 Å². The summed E-state index contributed by atoms with van der Waals surface area (Å²) in [6.45, 7) is 0. The molecule has 1 amide bonds. The molecule has 0 radical (unpaired) electrons. The second-order valence-electron chi connectivity index (χ2n) is 6.19. The van der Waals surface area contributed by atoms with Crippen LogP contribution in [-0.4, -0.2) is 44.8 Å². The fourth-order valence-corrected chi connectivity index (χ4v) is 2.89. The third-order valence-corrected chi connectivity index (χ3v) is 4.22. The average molecular weight is 343 g/mol. The first-order valence-electron chi connectivity index (χ1n) is 8.19. The molecule has 0 aliphatic rings. The van der Waals surface area contributed by atoms with E-state index in [0.29, 0.717) is 5.56 Å². The largest absolute Gasteiger partial charge is 0.346 e. The molecule has 0 unspecified atom stereocenters. The zero-order valence-electron chi connectivity index (χ0n) is 14.5. The van der Waals surface area contributed by atoms with Crippen molar-refractivity contribution in [3.05, 3.63) is 66.9 Å². The number of rotatable bonds is 3. The first-order valence-corrected chi connectivity index (χ1v) is 8.19. The zero-order chi connectivity index (χ0) is 18.1. The fraction of sp³-hybridized carbons (Fsp3) is 0.100. The van der Waals surface area contributed by atoms with Gasteiger partial charge in [-0.25, -0.2) is 4.98 Å². The molecule has 0 aromatic carbocycles. The summed E-state index contributed by atoms with van der Waals surface area (Å²) in [7, 11) is 3.44. The minimum absolute atomic E-state index is 0.0671. The lowest BCUT2D eigenvalue weighted by molar-refractivity contribution is 0.0827. The standard InChI is InChI=1S/C20H17N5O/c1-25(2)20(26)13-3-4-18(24-12-13)15-9-14(10-21-11-15)16-5-7-22-19-17(16)6-8-23-19/h3-12H,1-2H3,(H,22,23). The molecule has 128 valence electrons. The number of carbonyl (C=O) groups excluding carboxylic acids is 1. The topological polar surface area (TPSA) is 74.8 Å². The van der Waals surface area contributed by atoms with E-state index in [2.05, 4.69) is 19.9 Å². The van der Waals surface area contributed by atoms with E-state index >= 15 is 0 Å². The molecule has 6 heteroatoms. The van der Waals surface area contributed by atoms with Crippen molar-refractivity contribution in [2.24, 2.45) is 0 Å². The number of nitrogens with zero attached hydrogens (tertiary/aromatic N) is 4. The van der Waals surface area contributed by atoms with Gasteiger partial charge in [-0.3, -0.25) is 14.8 Å². The van der Waals surface area contributed by atoms with Crippen LogP contribution in [0.1, 0.15) is 10.4 Å². The highest BCUT2D eigenvalue weighted by atomic mass is 16.2. The Hall–Kier alpha value is -3.54. The normalized spacial score (nSPS) is 10.8. The number of nitrogens with one attached hydrogen (secondary N) is 1. The molecular formula is C20H17N5O. The molecule has 0 aliphatic carbocycles. The van der Waals surface area contributed by atoms with E-state index in [0.717, 1.165) is 33.4 Å². The molecule has 6 nitrogen and oxygen atoms in total. The van der Waals surface area contributed by atoms with Crippen LogP contribution in [0, 0.1) is 0 Å². The Labute approximate surface area is 150 Å². The summed E-state index contributed by atoms with van der Waals surface area (Å²) in [5.41, 5.74) is 5.12. The third-order valence-electron chi connectivity index (χ3n) is 4.22. The molecule has 0 bridgehead atoms. The molecule has 1 N–H and O–H groups in total. The van der Waals surface area contributed by atoms with Gasteiger partial charge in [-0.1, -0.05) is 0 Å². The van der Waals surface area contributed by atoms with Gasteiger partial charge in [0.25, 0.3) is 5.91 Å². The summed E-state index contributed by atoms with van der Waals surface area (Å²) in [5, 5.41) is 1.05. The van der Waals surface area contributed by atoms with Crippen LogP contribution in [0.15, 0.2) is 61.3 Å². The van der Waals surface area contributed by atoms with Crippen LogP contribution in [0.2, 0.25) is 0 Å². The van der Waals surface area contributed by atoms with Crippen molar-refractivity contribution >= 4 is 16.9 Å². The van der Waals surface area contributed by atoms with Gasteiger partial charge in [-0.2, -0.15) is 0 Å². The Kier molecular flexibility index (Phi) is 3.93. The summed E-state index contributed by atoms with van der Waals surface area (Å²) >= 11 is 0. The second kappa shape index (κ2) is 6.40. The first kappa shape index (κ1) is 16.0. The van der Waals surface area contributed by atoms with Gasteiger partial charge in [0, 0.05) is 61.6 Å². The SMILES string of the molecule is CN(C)C(=O)c1ccc(-c2cncc(-c3ccnc4[nH]ccc34)c2)nc1. The van der Waals surface area contributed by atoms with Crippen molar-refractivity contribution in [3.63, 3.8) is 0 Å². The van der Waals surface area contributed by atoms with Crippen LogP contribution < -0.4 is 0 Å². The Morgan fingerprint density at radius 3 is 2.62 bits per heavy atom. The minimum Gasteiger partial charge on any atom is -0.346 e. The van der Waals surface area contributed by atoms with Crippen LogP contribution in [0.3, 0.4) is 0 Å². The van der Waals surface area contributed by atoms with Gasteiger partial charge in [0.1, 0.15) is 5.65 Å². The van der Waals surface area contributed by atoms with E-state index in [1.54, 1.807) is 38.8 Å². The van der Waals surface area contributed by atoms with Crippen LogP contribution >= 0.6 is 0 Å². The number of hydrogen-bond acceptors (Lipinski definition) is 4. The maximum absolute atomic E-state index is 12.0. The number of H-pyrrole nitrogens is 1. The van der Waals surface area contributed by atoms with Crippen molar-refractivity contribution in [2.75, 3.05) is 14.1 Å². The number of aromatic amines is 1. The number of hydrogen-bond donors (Lipinski definition) is 1. The number of aromatic nitrogens is 4. The van der Waals surface area contributed by atoms with Crippen molar-refractivity contribution in [1.82, 2.24) is 24.8 Å². The van der Waals surface area contributed by atoms with Gasteiger partial charge in [0.15, 0.2) is 0 Å². The summed E-state index contributed by atoms with van der Waals surface area (Å²) in [6.07, 6.45) is 8.85. The van der Waals surface area contributed by atoms with E-state index < -0.39 is 0 Å². The predicted molar refractivity (Wildman–Crippen MR) is 101 cm³/mol. The summed E-state index contributed by atoms with van der Waals surface area (Å²) in [4.78, 5) is 29.8. The van der Waals surface area contributed by atoms with Crippen molar-refractivity contribution in [1.29, 1.82) is 0 Å². The average Bonchev–Trinajstić information content (AvgIpc) is 3.16. The molecule has 4 heterocycles. The first-order chi connectivity index (χ1) is 12.6. The Morgan fingerprint density at radius 2 is 1.85 bits per heavy atom. The summed E-state index contributed by atoms with van der Waals surface area (Å²) < 4.78 is 0. The van der Waals surface area contributed by atoms with Gasteiger partial charge in [-0.15, -0.1) is 0 Å². The van der Waals surface area contributed by atoms with Crippen LogP contribution in [0.25, 0.3) is 33.4 Å².